The molecule has 0 aliphatic rings. The van der Waals surface area contributed by atoms with E-state index in [9.17, 15) is 14.0 Å². The molecule has 20 heavy (non-hydrogen) atoms. The van der Waals surface area contributed by atoms with Crippen molar-refractivity contribution in [3.63, 3.8) is 0 Å². The van der Waals surface area contributed by atoms with Crippen LogP contribution in [0.4, 0.5) is 9.18 Å². The molecule has 1 unspecified atom stereocenters. The maximum Gasteiger partial charge on any atom is 0.329 e. The normalized spacial score (nSPS) is 13.4. The quantitative estimate of drug-likeness (QED) is 0.766. The molecule has 0 spiro atoms. The number of amides is 2. The molecule has 1 aromatic rings. The Balaban J connectivity index is 2.64. The van der Waals surface area contributed by atoms with Crippen LogP contribution in [0, 0.1) is 5.82 Å². The van der Waals surface area contributed by atoms with Gasteiger partial charge in [0.15, 0.2) is 0 Å². The third-order valence-electron chi connectivity index (χ3n) is 3.02. The lowest BCUT2D eigenvalue weighted by atomic mass is 10.00. The standard InChI is InChI=1S/C13H16BrFN2O3/c1-3-13(2,11(18)19)17-12(20)16-7-8-6-9(15)4-5-10(8)14/h4-6H,3,7H2,1-2H3,(H,18,19)(H2,16,17,20). The van der Waals surface area contributed by atoms with Crippen molar-refractivity contribution in [2.75, 3.05) is 0 Å². The summed E-state index contributed by atoms with van der Waals surface area (Å²) in [6, 6.07) is 3.51. The van der Waals surface area contributed by atoms with E-state index < -0.39 is 23.4 Å². The first kappa shape index (κ1) is 16.4. The van der Waals surface area contributed by atoms with Crippen molar-refractivity contribution < 1.29 is 19.1 Å². The summed E-state index contributed by atoms with van der Waals surface area (Å²) < 4.78 is 13.7. The van der Waals surface area contributed by atoms with Gasteiger partial charge in [-0.3, -0.25) is 0 Å². The molecule has 0 aliphatic carbocycles. The smallest absolute Gasteiger partial charge is 0.329 e. The van der Waals surface area contributed by atoms with E-state index in [0.717, 1.165) is 0 Å². The highest BCUT2D eigenvalue weighted by molar-refractivity contribution is 9.10. The maximum atomic E-state index is 13.1. The molecule has 0 heterocycles. The number of benzene rings is 1. The molecule has 2 amide bonds. The van der Waals surface area contributed by atoms with Gasteiger partial charge < -0.3 is 15.7 Å². The predicted molar refractivity (Wildman–Crippen MR) is 75.8 cm³/mol. The zero-order valence-electron chi connectivity index (χ0n) is 11.2. The highest BCUT2D eigenvalue weighted by Crippen LogP contribution is 2.17. The van der Waals surface area contributed by atoms with Gasteiger partial charge in [0, 0.05) is 11.0 Å². The highest BCUT2D eigenvalue weighted by Gasteiger charge is 2.32. The molecule has 0 fully saturated rings. The molecule has 0 radical (unpaired) electrons. The predicted octanol–water partition coefficient (Wildman–Crippen LogP) is 2.64. The lowest BCUT2D eigenvalue weighted by Gasteiger charge is -2.24. The Morgan fingerprint density at radius 1 is 1.45 bits per heavy atom. The van der Waals surface area contributed by atoms with Gasteiger partial charge in [0.1, 0.15) is 11.4 Å². The van der Waals surface area contributed by atoms with Crippen LogP contribution in [0.2, 0.25) is 0 Å². The van der Waals surface area contributed by atoms with Gasteiger partial charge in [-0.1, -0.05) is 22.9 Å². The monoisotopic (exact) mass is 346 g/mol. The van der Waals surface area contributed by atoms with Crippen molar-refractivity contribution in [2.45, 2.75) is 32.4 Å². The van der Waals surface area contributed by atoms with Crippen LogP contribution in [0.1, 0.15) is 25.8 Å². The number of hydrogen-bond acceptors (Lipinski definition) is 2. The van der Waals surface area contributed by atoms with Crippen LogP contribution in [-0.2, 0) is 11.3 Å². The van der Waals surface area contributed by atoms with Crippen molar-refractivity contribution in [1.82, 2.24) is 10.6 Å². The summed E-state index contributed by atoms with van der Waals surface area (Å²) >= 11 is 3.25. The second-order valence-corrected chi connectivity index (χ2v) is 5.39. The van der Waals surface area contributed by atoms with Crippen LogP contribution in [0.25, 0.3) is 0 Å². The summed E-state index contributed by atoms with van der Waals surface area (Å²) in [7, 11) is 0. The second-order valence-electron chi connectivity index (χ2n) is 4.53. The Labute approximate surface area is 124 Å². The molecule has 0 aromatic heterocycles. The van der Waals surface area contributed by atoms with Gasteiger partial charge in [0.05, 0.1) is 0 Å². The van der Waals surface area contributed by atoms with E-state index in [1.165, 1.54) is 25.1 Å². The molecule has 5 nitrogen and oxygen atoms in total. The van der Waals surface area contributed by atoms with Crippen molar-refractivity contribution in [3.8, 4) is 0 Å². The van der Waals surface area contributed by atoms with Crippen LogP contribution in [-0.4, -0.2) is 22.6 Å². The van der Waals surface area contributed by atoms with Gasteiger partial charge in [-0.25, -0.2) is 14.0 Å². The van der Waals surface area contributed by atoms with Gasteiger partial charge in [-0.05, 0) is 37.1 Å². The molecule has 3 N–H and O–H groups in total. The largest absolute Gasteiger partial charge is 0.480 e. The molecule has 7 heteroatoms. The maximum absolute atomic E-state index is 13.1. The summed E-state index contributed by atoms with van der Waals surface area (Å²) in [6.07, 6.45) is 0.249. The number of hydrogen-bond donors (Lipinski definition) is 3. The van der Waals surface area contributed by atoms with E-state index in [-0.39, 0.29) is 13.0 Å². The van der Waals surface area contributed by atoms with Crippen LogP contribution < -0.4 is 10.6 Å². The fourth-order valence-corrected chi connectivity index (χ4v) is 1.83. The summed E-state index contributed by atoms with van der Waals surface area (Å²) in [4.78, 5) is 22.8. The zero-order valence-corrected chi connectivity index (χ0v) is 12.8. The minimum atomic E-state index is -1.33. The topological polar surface area (TPSA) is 78.4 Å². The highest BCUT2D eigenvalue weighted by atomic mass is 79.9. The third-order valence-corrected chi connectivity index (χ3v) is 3.79. The number of urea groups is 1. The van der Waals surface area contributed by atoms with Gasteiger partial charge in [-0.2, -0.15) is 0 Å². The number of carboxylic acids is 1. The Morgan fingerprint density at radius 3 is 2.65 bits per heavy atom. The lowest BCUT2D eigenvalue weighted by Crippen LogP contribution is -2.54. The minimum absolute atomic E-state index is 0.0869. The molecule has 0 saturated heterocycles. The average Bonchev–Trinajstić information content (AvgIpc) is 2.39. The molecule has 110 valence electrons. The van der Waals surface area contributed by atoms with Crippen molar-refractivity contribution in [2.24, 2.45) is 0 Å². The molecule has 0 bridgehead atoms. The van der Waals surface area contributed by atoms with E-state index in [1.807, 2.05) is 0 Å². The zero-order chi connectivity index (χ0) is 15.3. The van der Waals surface area contributed by atoms with E-state index in [4.69, 9.17) is 5.11 Å². The number of carboxylic acid groups (broad SMARTS) is 1. The Kier molecular flexibility index (Phi) is 5.50. The molecule has 1 aromatic carbocycles. The van der Waals surface area contributed by atoms with Gasteiger partial charge in [0.25, 0.3) is 0 Å². The first-order valence-electron chi connectivity index (χ1n) is 6.02. The van der Waals surface area contributed by atoms with Gasteiger partial charge >= 0.3 is 12.0 Å². The number of carbonyl (C=O) groups is 2. The Morgan fingerprint density at radius 2 is 2.10 bits per heavy atom. The van der Waals surface area contributed by atoms with Crippen molar-refractivity contribution in [1.29, 1.82) is 0 Å². The number of carbonyl (C=O) groups excluding carboxylic acids is 1. The van der Waals surface area contributed by atoms with Crippen LogP contribution in [0.15, 0.2) is 22.7 Å². The Hall–Kier alpha value is -1.63. The number of aliphatic carboxylic acids is 1. The Bertz CT molecular complexity index is 524. The second kappa shape index (κ2) is 6.69. The molecule has 1 atom stereocenters. The number of halogens is 2. The lowest BCUT2D eigenvalue weighted by molar-refractivity contribution is -0.143. The minimum Gasteiger partial charge on any atom is -0.480 e. The van der Waals surface area contributed by atoms with E-state index in [1.54, 1.807) is 6.92 Å². The third kappa shape index (κ3) is 4.19. The summed E-state index contributed by atoms with van der Waals surface area (Å²) in [5.74, 6) is -1.52. The van der Waals surface area contributed by atoms with E-state index in [2.05, 4.69) is 26.6 Å². The molecular formula is C13H16BrFN2O3. The van der Waals surface area contributed by atoms with E-state index >= 15 is 0 Å². The summed E-state index contributed by atoms with van der Waals surface area (Å²) in [6.45, 7) is 3.17. The van der Waals surface area contributed by atoms with Crippen LogP contribution in [0.3, 0.4) is 0 Å². The van der Waals surface area contributed by atoms with E-state index in [0.29, 0.717) is 10.0 Å². The molecular weight excluding hydrogens is 331 g/mol. The summed E-state index contributed by atoms with van der Waals surface area (Å²) in [5, 5.41) is 13.9. The van der Waals surface area contributed by atoms with Gasteiger partial charge in [-0.15, -0.1) is 0 Å². The molecule has 1 rings (SSSR count). The average molecular weight is 347 g/mol. The van der Waals surface area contributed by atoms with Crippen molar-refractivity contribution in [3.05, 3.63) is 34.1 Å². The fraction of sp³-hybridized carbons (Fsp3) is 0.385. The van der Waals surface area contributed by atoms with Crippen molar-refractivity contribution >= 4 is 27.9 Å². The van der Waals surface area contributed by atoms with Crippen LogP contribution in [0.5, 0.6) is 0 Å². The van der Waals surface area contributed by atoms with Gasteiger partial charge in [0.2, 0.25) is 0 Å². The number of nitrogens with one attached hydrogen (secondary N) is 2. The first-order valence-corrected chi connectivity index (χ1v) is 6.81. The van der Waals surface area contributed by atoms with Crippen LogP contribution >= 0.6 is 15.9 Å². The fourth-order valence-electron chi connectivity index (χ4n) is 1.44. The summed E-state index contributed by atoms with van der Waals surface area (Å²) in [5.41, 5.74) is -0.767. The first-order chi connectivity index (χ1) is 9.28. The number of rotatable bonds is 5. The molecule has 0 saturated carbocycles. The molecule has 0 aliphatic heterocycles. The SMILES string of the molecule is CCC(C)(NC(=O)NCc1cc(F)ccc1Br)C(=O)O.